The highest BCUT2D eigenvalue weighted by Gasteiger charge is 2.14. The van der Waals surface area contributed by atoms with Gasteiger partial charge in [0.15, 0.2) is 0 Å². The summed E-state index contributed by atoms with van der Waals surface area (Å²) in [5.41, 5.74) is 0.244. The Morgan fingerprint density at radius 1 is 1.24 bits per heavy atom. The Kier molecular flexibility index (Phi) is 7.39. The molecular weight excluding hydrogens is 274 g/mol. The first kappa shape index (κ1) is 17.1. The van der Waals surface area contributed by atoms with Gasteiger partial charge in [-0.1, -0.05) is 20.3 Å². The minimum absolute atomic E-state index is 0.0540. The van der Waals surface area contributed by atoms with Gasteiger partial charge in [-0.3, -0.25) is 10.1 Å². The molecule has 0 spiro atoms. The van der Waals surface area contributed by atoms with Crippen LogP contribution in [0.2, 0.25) is 0 Å². The fourth-order valence-corrected chi connectivity index (χ4v) is 1.79. The van der Waals surface area contributed by atoms with E-state index in [1.807, 2.05) is 13.8 Å². The zero-order valence-electron chi connectivity index (χ0n) is 12.4. The van der Waals surface area contributed by atoms with Gasteiger partial charge in [-0.2, -0.15) is 0 Å². The van der Waals surface area contributed by atoms with Crippen molar-refractivity contribution < 1.29 is 19.2 Å². The lowest BCUT2D eigenvalue weighted by molar-refractivity contribution is -0.384. The number of rotatable bonds is 9. The van der Waals surface area contributed by atoms with Gasteiger partial charge in [0.25, 0.3) is 5.69 Å². The fraction of sp³-hybridized carbons (Fsp3) is 0.533. The second-order valence-corrected chi connectivity index (χ2v) is 4.68. The molecule has 21 heavy (non-hydrogen) atoms. The quantitative estimate of drug-likeness (QED) is 0.396. The molecule has 6 heteroatoms. The molecule has 0 aliphatic rings. The van der Waals surface area contributed by atoms with Crippen LogP contribution in [0.25, 0.3) is 0 Å². The highest BCUT2D eigenvalue weighted by molar-refractivity contribution is 5.89. The highest BCUT2D eigenvalue weighted by Crippen LogP contribution is 2.13. The number of esters is 1. The minimum atomic E-state index is -0.509. The van der Waals surface area contributed by atoms with Crippen LogP contribution in [-0.4, -0.2) is 30.2 Å². The first-order chi connectivity index (χ1) is 10.1. The van der Waals surface area contributed by atoms with Crippen molar-refractivity contribution in [3.8, 4) is 0 Å². The van der Waals surface area contributed by atoms with Gasteiger partial charge in [0.05, 0.1) is 16.6 Å². The van der Waals surface area contributed by atoms with Crippen LogP contribution in [-0.2, 0) is 9.47 Å². The van der Waals surface area contributed by atoms with E-state index in [4.69, 9.17) is 9.47 Å². The van der Waals surface area contributed by atoms with Gasteiger partial charge >= 0.3 is 5.97 Å². The molecule has 1 aromatic rings. The molecule has 1 aromatic carbocycles. The summed E-state index contributed by atoms with van der Waals surface area (Å²) < 4.78 is 10.8. The third kappa shape index (κ3) is 5.91. The van der Waals surface area contributed by atoms with Gasteiger partial charge in [0.1, 0.15) is 6.61 Å². The van der Waals surface area contributed by atoms with E-state index >= 15 is 0 Å². The Morgan fingerprint density at radius 2 is 1.90 bits per heavy atom. The van der Waals surface area contributed by atoms with Gasteiger partial charge in [0.2, 0.25) is 0 Å². The van der Waals surface area contributed by atoms with E-state index in [9.17, 15) is 14.9 Å². The number of benzene rings is 1. The van der Waals surface area contributed by atoms with E-state index in [-0.39, 0.29) is 18.4 Å². The molecule has 116 valence electrons. The molecule has 0 aliphatic heterocycles. The van der Waals surface area contributed by atoms with E-state index in [1.165, 1.54) is 24.3 Å². The van der Waals surface area contributed by atoms with E-state index in [0.717, 1.165) is 19.3 Å². The molecule has 0 aromatic heterocycles. The molecule has 0 heterocycles. The van der Waals surface area contributed by atoms with Gasteiger partial charge < -0.3 is 9.47 Å². The van der Waals surface area contributed by atoms with E-state index < -0.39 is 10.9 Å². The Balaban J connectivity index is 2.52. The summed E-state index contributed by atoms with van der Waals surface area (Å²) in [6.45, 7) is 4.90. The predicted molar refractivity (Wildman–Crippen MR) is 78.3 cm³/mol. The van der Waals surface area contributed by atoms with Crippen molar-refractivity contribution in [1.29, 1.82) is 0 Å². The first-order valence-corrected chi connectivity index (χ1v) is 7.11. The summed E-state index contributed by atoms with van der Waals surface area (Å²) in [6, 6.07) is 5.35. The van der Waals surface area contributed by atoms with Crippen molar-refractivity contribution in [3.63, 3.8) is 0 Å². The average molecular weight is 295 g/mol. The summed E-state index contributed by atoms with van der Waals surface area (Å²) in [7, 11) is 0. The van der Waals surface area contributed by atoms with Crippen LogP contribution in [0.3, 0.4) is 0 Å². The number of non-ortho nitro benzene ring substituents is 1. The van der Waals surface area contributed by atoms with Crippen molar-refractivity contribution in [2.45, 2.75) is 39.2 Å². The monoisotopic (exact) mass is 295 g/mol. The van der Waals surface area contributed by atoms with Crippen LogP contribution >= 0.6 is 0 Å². The number of nitrogens with zero attached hydrogens (tertiary/aromatic N) is 1. The van der Waals surface area contributed by atoms with E-state index in [0.29, 0.717) is 12.2 Å². The molecule has 1 rings (SSSR count). The van der Waals surface area contributed by atoms with Crippen LogP contribution < -0.4 is 0 Å². The smallest absolute Gasteiger partial charge is 0.338 e. The molecular formula is C15H21NO5. The van der Waals surface area contributed by atoms with Crippen LogP contribution in [0.5, 0.6) is 0 Å². The second-order valence-electron chi connectivity index (χ2n) is 4.68. The van der Waals surface area contributed by atoms with Crippen LogP contribution in [0, 0.1) is 10.1 Å². The van der Waals surface area contributed by atoms with Crippen molar-refractivity contribution in [3.05, 3.63) is 39.9 Å². The molecule has 0 fully saturated rings. The third-order valence-electron chi connectivity index (χ3n) is 2.88. The largest absolute Gasteiger partial charge is 0.459 e. The lowest BCUT2D eigenvalue weighted by atomic mass is 10.2. The molecule has 0 saturated carbocycles. The molecule has 0 radical (unpaired) electrons. The van der Waals surface area contributed by atoms with Gasteiger partial charge in [-0.15, -0.1) is 0 Å². The maximum atomic E-state index is 11.9. The van der Waals surface area contributed by atoms with Gasteiger partial charge in [-0.05, 0) is 25.0 Å². The molecule has 6 nitrogen and oxygen atoms in total. The zero-order valence-corrected chi connectivity index (χ0v) is 12.4. The highest BCUT2D eigenvalue weighted by atomic mass is 16.6. The molecule has 0 N–H and O–H groups in total. The van der Waals surface area contributed by atoms with Crippen LogP contribution in [0.1, 0.15) is 43.5 Å². The third-order valence-corrected chi connectivity index (χ3v) is 2.88. The standard InChI is InChI=1S/C15H21NO5/c1-3-5-14(20-10-4-2)11-21-15(17)12-6-8-13(9-7-12)16(18)19/h6-9,14H,3-5,10-11H2,1-2H3. The zero-order chi connectivity index (χ0) is 15.7. The lowest BCUT2D eigenvalue weighted by Gasteiger charge is -2.16. The number of carbonyl (C=O) groups excluding carboxylic acids is 1. The molecule has 0 bridgehead atoms. The number of ether oxygens (including phenoxy) is 2. The predicted octanol–water partition coefficient (Wildman–Crippen LogP) is 3.35. The number of hydrogen-bond acceptors (Lipinski definition) is 5. The van der Waals surface area contributed by atoms with Crippen molar-refractivity contribution >= 4 is 11.7 Å². The number of nitro groups is 1. The summed E-state index contributed by atoms with van der Waals surface area (Å²) in [6.07, 6.45) is 2.59. The van der Waals surface area contributed by atoms with Gasteiger partial charge in [-0.25, -0.2) is 4.79 Å². The van der Waals surface area contributed by atoms with Crippen molar-refractivity contribution in [1.82, 2.24) is 0 Å². The molecule has 1 atom stereocenters. The normalized spacial score (nSPS) is 11.9. The summed E-state index contributed by atoms with van der Waals surface area (Å²) in [4.78, 5) is 21.9. The second kappa shape index (κ2) is 9.07. The summed E-state index contributed by atoms with van der Waals surface area (Å²) >= 11 is 0. The van der Waals surface area contributed by atoms with E-state index in [2.05, 4.69) is 0 Å². The Morgan fingerprint density at radius 3 is 2.43 bits per heavy atom. The molecule has 0 aliphatic carbocycles. The van der Waals surface area contributed by atoms with E-state index in [1.54, 1.807) is 0 Å². The molecule has 0 amide bonds. The maximum absolute atomic E-state index is 11.9. The fourth-order valence-electron chi connectivity index (χ4n) is 1.79. The minimum Gasteiger partial charge on any atom is -0.459 e. The Bertz CT molecular complexity index is 458. The maximum Gasteiger partial charge on any atom is 0.338 e. The molecule has 1 unspecified atom stereocenters. The van der Waals surface area contributed by atoms with Gasteiger partial charge in [0, 0.05) is 18.7 Å². The summed E-state index contributed by atoms with van der Waals surface area (Å²) in [5, 5.41) is 10.5. The summed E-state index contributed by atoms with van der Waals surface area (Å²) in [5.74, 6) is -0.494. The first-order valence-electron chi connectivity index (χ1n) is 7.11. The number of carbonyl (C=O) groups is 1. The number of nitro benzene ring substituents is 1. The lowest BCUT2D eigenvalue weighted by Crippen LogP contribution is -2.22. The Labute approximate surface area is 124 Å². The van der Waals surface area contributed by atoms with Crippen molar-refractivity contribution in [2.75, 3.05) is 13.2 Å². The van der Waals surface area contributed by atoms with Crippen LogP contribution in [0.4, 0.5) is 5.69 Å². The van der Waals surface area contributed by atoms with Crippen LogP contribution in [0.15, 0.2) is 24.3 Å². The van der Waals surface area contributed by atoms with Crippen molar-refractivity contribution in [2.24, 2.45) is 0 Å². The average Bonchev–Trinajstić information content (AvgIpc) is 2.49. The topological polar surface area (TPSA) is 78.7 Å². The Hall–Kier alpha value is -1.95. The number of hydrogen-bond donors (Lipinski definition) is 0. The SMILES string of the molecule is CCCOC(CCC)COC(=O)c1ccc([N+](=O)[O-])cc1. The molecule has 0 saturated heterocycles.